The van der Waals surface area contributed by atoms with Crippen LogP contribution in [0.1, 0.15) is 39.4 Å². The molecule has 2 aromatic rings. The number of nitrogens with one attached hydrogen (secondary N) is 1. The highest BCUT2D eigenvalue weighted by Gasteiger charge is 2.31. The van der Waals surface area contributed by atoms with E-state index in [1.807, 2.05) is 19.3 Å². The highest BCUT2D eigenvalue weighted by atomic mass is 32.1. The molecule has 1 fully saturated rings. The Morgan fingerprint density at radius 2 is 2.17 bits per heavy atom. The van der Waals surface area contributed by atoms with Crippen LogP contribution >= 0.6 is 11.5 Å². The van der Waals surface area contributed by atoms with E-state index in [0.29, 0.717) is 17.5 Å². The molecule has 1 unspecified atom stereocenters. The summed E-state index contributed by atoms with van der Waals surface area (Å²) in [4.78, 5) is 19.0. The number of hydrogen-bond acceptors (Lipinski definition) is 6. The largest absolute Gasteiger partial charge is 0.348 e. The van der Waals surface area contributed by atoms with E-state index < -0.39 is 0 Å². The fourth-order valence-corrected chi connectivity index (χ4v) is 3.33. The standard InChI is InChI=1S/C15H22N6OS/c1-15(2,3)13-17-14(23-19-13)16-10-6-5-8-21(12(10)22)11-7-9-20(4)18-11/h7,9-10H,5-6,8H2,1-4H3,(H,16,17,19). The highest BCUT2D eigenvalue weighted by molar-refractivity contribution is 7.09. The average molecular weight is 334 g/mol. The van der Waals surface area contributed by atoms with Gasteiger partial charge in [0.15, 0.2) is 5.82 Å². The normalized spacial score (nSPS) is 19.2. The van der Waals surface area contributed by atoms with Gasteiger partial charge in [-0.3, -0.25) is 14.4 Å². The van der Waals surface area contributed by atoms with Crippen molar-refractivity contribution in [2.45, 2.75) is 45.1 Å². The molecule has 2 aromatic heterocycles. The topological polar surface area (TPSA) is 75.9 Å². The average Bonchev–Trinajstić information content (AvgIpc) is 3.10. The SMILES string of the molecule is Cn1ccc(N2CCCC(Nc3nc(C(C)(C)C)ns3)C2=O)n1. The van der Waals surface area contributed by atoms with E-state index in [1.54, 1.807) is 9.58 Å². The van der Waals surface area contributed by atoms with Crippen LogP contribution in [0.2, 0.25) is 0 Å². The number of aromatic nitrogens is 4. The maximum Gasteiger partial charge on any atom is 0.250 e. The second kappa shape index (κ2) is 5.92. The van der Waals surface area contributed by atoms with Crippen molar-refractivity contribution in [2.75, 3.05) is 16.8 Å². The number of carbonyl (C=O) groups is 1. The van der Waals surface area contributed by atoms with Gasteiger partial charge in [-0.2, -0.15) is 9.47 Å². The van der Waals surface area contributed by atoms with Gasteiger partial charge in [-0.1, -0.05) is 20.8 Å². The van der Waals surface area contributed by atoms with E-state index in [0.717, 1.165) is 18.7 Å². The molecule has 1 atom stereocenters. The molecule has 0 spiro atoms. The molecule has 3 heterocycles. The molecule has 1 aliphatic rings. The number of amides is 1. The molecule has 3 rings (SSSR count). The van der Waals surface area contributed by atoms with Crippen molar-refractivity contribution in [1.29, 1.82) is 0 Å². The third-order valence-corrected chi connectivity index (χ3v) is 4.46. The minimum atomic E-state index is -0.272. The summed E-state index contributed by atoms with van der Waals surface area (Å²) in [5.41, 5.74) is -0.0903. The second-order valence-electron chi connectivity index (χ2n) is 6.85. The molecule has 124 valence electrons. The highest BCUT2D eigenvalue weighted by Crippen LogP contribution is 2.26. The molecule has 0 radical (unpaired) electrons. The molecule has 0 bridgehead atoms. The zero-order valence-electron chi connectivity index (χ0n) is 13.9. The molecule has 0 aromatic carbocycles. The van der Waals surface area contributed by atoms with E-state index in [1.165, 1.54) is 11.5 Å². The van der Waals surface area contributed by atoms with Crippen LogP contribution in [0.25, 0.3) is 0 Å². The van der Waals surface area contributed by atoms with Gasteiger partial charge in [0.05, 0.1) is 0 Å². The van der Waals surface area contributed by atoms with Crippen LogP contribution in [0.5, 0.6) is 0 Å². The van der Waals surface area contributed by atoms with Gasteiger partial charge in [0.25, 0.3) is 5.91 Å². The summed E-state index contributed by atoms with van der Waals surface area (Å²) in [7, 11) is 1.85. The lowest BCUT2D eigenvalue weighted by atomic mass is 9.96. The Bertz CT molecular complexity index is 701. The van der Waals surface area contributed by atoms with Gasteiger partial charge in [-0.25, -0.2) is 4.98 Å². The number of carbonyl (C=O) groups excluding carboxylic acids is 1. The summed E-state index contributed by atoms with van der Waals surface area (Å²) in [5, 5.41) is 8.28. The minimum absolute atomic E-state index is 0.0439. The minimum Gasteiger partial charge on any atom is -0.348 e. The van der Waals surface area contributed by atoms with E-state index in [4.69, 9.17) is 0 Å². The van der Waals surface area contributed by atoms with Crippen LogP contribution in [0, 0.1) is 0 Å². The zero-order chi connectivity index (χ0) is 16.6. The molecular formula is C15H22N6OS. The Morgan fingerprint density at radius 1 is 1.39 bits per heavy atom. The van der Waals surface area contributed by atoms with Crippen LogP contribution in [0.15, 0.2) is 12.3 Å². The van der Waals surface area contributed by atoms with Crippen molar-refractivity contribution in [2.24, 2.45) is 7.05 Å². The first-order chi connectivity index (χ1) is 10.8. The summed E-state index contributed by atoms with van der Waals surface area (Å²) >= 11 is 1.31. The monoisotopic (exact) mass is 334 g/mol. The van der Waals surface area contributed by atoms with Gasteiger partial charge in [0.2, 0.25) is 5.13 Å². The summed E-state index contributed by atoms with van der Waals surface area (Å²) in [5.74, 6) is 1.55. The third-order valence-electron chi connectivity index (χ3n) is 3.81. The quantitative estimate of drug-likeness (QED) is 0.931. The van der Waals surface area contributed by atoms with E-state index >= 15 is 0 Å². The smallest absolute Gasteiger partial charge is 0.250 e. The number of anilines is 2. The lowest BCUT2D eigenvalue weighted by Crippen LogP contribution is -2.48. The molecule has 1 aliphatic heterocycles. The molecule has 0 aliphatic carbocycles. The third kappa shape index (κ3) is 3.36. The van der Waals surface area contributed by atoms with Gasteiger partial charge < -0.3 is 5.32 Å². The first kappa shape index (κ1) is 15.9. The predicted molar refractivity (Wildman–Crippen MR) is 90.8 cm³/mol. The molecule has 7 nitrogen and oxygen atoms in total. The number of rotatable bonds is 3. The fraction of sp³-hybridized carbons (Fsp3) is 0.600. The maximum atomic E-state index is 12.7. The molecule has 1 saturated heterocycles. The zero-order valence-corrected chi connectivity index (χ0v) is 14.7. The number of aryl methyl sites for hydroxylation is 1. The van der Waals surface area contributed by atoms with Crippen molar-refractivity contribution in [1.82, 2.24) is 19.1 Å². The van der Waals surface area contributed by atoms with E-state index in [-0.39, 0.29) is 17.4 Å². The molecule has 23 heavy (non-hydrogen) atoms. The summed E-state index contributed by atoms with van der Waals surface area (Å²) < 4.78 is 6.09. The lowest BCUT2D eigenvalue weighted by molar-refractivity contribution is -0.120. The summed E-state index contributed by atoms with van der Waals surface area (Å²) in [6.45, 7) is 6.94. The number of hydrogen-bond donors (Lipinski definition) is 1. The van der Waals surface area contributed by atoms with Crippen molar-refractivity contribution >= 4 is 28.4 Å². The van der Waals surface area contributed by atoms with Crippen LogP contribution in [0.3, 0.4) is 0 Å². The van der Waals surface area contributed by atoms with Gasteiger partial charge in [0.1, 0.15) is 11.9 Å². The Labute approximate surface area is 139 Å². The lowest BCUT2D eigenvalue weighted by Gasteiger charge is -2.30. The van der Waals surface area contributed by atoms with Crippen molar-refractivity contribution < 1.29 is 4.79 Å². The number of nitrogens with zero attached hydrogens (tertiary/aromatic N) is 5. The predicted octanol–water partition coefficient (Wildman–Crippen LogP) is 2.18. The first-order valence-electron chi connectivity index (χ1n) is 7.76. The second-order valence-corrected chi connectivity index (χ2v) is 7.60. The Morgan fingerprint density at radius 3 is 2.78 bits per heavy atom. The van der Waals surface area contributed by atoms with E-state index in [9.17, 15) is 4.79 Å². The van der Waals surface area contributed by atoms with Crippen LogP contribution < -0.4 is 10.2 Å². The molecule has 1 amide bonds. The Balaban J connectivity index is 1.73. The molecular weight excluding hydrogens is 312 g/mol. The fourth-order valence-electron chi connectivity index (χ4n) is 2.52. The van der Waals surface area contributed by atoms with Crippen LogP contribution in [0.4, 0.5) is 10.9 Å². The number of piperidine rings is 1. The van der Waals surface area contributed by atoms with Gasteiger partial charge in [-0.05, 0) is 12.8 Å². The molecule has 0 saturated carbocycles. The Kier molecular flexibility index (Phi) is 4.09. The Hall–Kier alpha value is -1.96. The molecule has 8 heteroatoms. The van der Waals surface area contributed by atoms with Gasteiger partial charge in [-0.15, -0.1) is 0 Å². The summed E-state index contributed by atoms with van der Waals surface area (Å²) in [6.07, 6.45) is 3.58. The van der Waals surface area contributed by atoms with E-state index in [2.05, 4.69) is 40.5 Å². The van der Waals surface area contributed by atoms with Crippen molar-refractivity contribution in [3.05, 3.63) is 18.1 Å². The van der Waals surface area contributed by atoms with Crippen molar-refractivity contribution in [3.63, 3.8) is 0 Å². The van der Waals surface area contributed by atoms with Crippen LogP contribution in [-0.4, -0.2) is 37.6 Å². The van der Waals surface area contributed by atoms with Gasteiger partial charge in [0, 0.05) is 42.8 Å². The maximum absolute atomic E-state index is 12.7. The van der Waals surface area contributed by atoms with Gasteiger partial charge >= 0.3 is 0 Å². The first-order valence-corrected chi connectivity index (χ1v) is 8.54. The molecule has 1 N–H and O–H groups in total. The summed E-state index contributed by atoms with van der Waals surface area (Å²) in [6, 6.07) is 1.59. The van der Waals surface area contributed by atoms with Crippen LogP contribution in [-0.2, 0) is 17.3 Å². The van der Waals surface area contributed by atoms with Crippen molar-refractivity contribution in [3.8, 4) is 0 Å².